The van der Waals surface area contributed by atoms with E-state index in [0.29, 0.717) is 12.1 Å². The standard InChI is InChI=1S/C16H28N4/c1-5-19-8-9-20(12-14(19)4)16-6-7-17-10-15(16)11-18-13(2)3/h6-7,10,13-14,18H,5,8-9,11-12H2,1-4H3. The van der Waals surface area contributed by atoms with Crippen LogP contribution in [0.1, 0.15) is 33.3 Å². The molecule has 1 aliphatic rings. The van der Waals surface area contributed by atoms with Gasteiger partial charge in [-0.1, -0.05) is 20.8 Å². The van der Waals surface area contributed by atoms with Gasteiger partial charge < -0.3 is 10.2 Å². The summed E-state index contributed by atoms with van der Waals surface area (Å²) in [6.07, 6.45) is 3.91. The molecule has 0 amide bonds. The topological polar surface area (TPSA) is 31.4 Å². The zero-order valence-electron chi connectivity index (χ0n) is 13.3. The lowest BCUT2D eigenvalue weighted by Crippen LogP contribution is -2.52. The second-order valence-electron chi connectivity index (χ2n) is 5.96. The number of nitrogens with zero attached hydrogens (tertiary/aromatic N) is 3. The van der Waals surface area contributed by atoms with Crippen molar-refractivity contribution in [1.29, 1.82) is 0 Å². The molecule has 1 fully saturated rings. The normalized spacial score (nSPS) is 20.6. The molecule has 1 aliphatic heterocycles. The highest BCUT2D eigenvalue weighted by molar-refractivity contribution is 5.52. The maximum Gasteiger partial charge on any atom is 0.0443 e. The summed E-state index contributed by atoms with van der Waals surface area (Å²) in [7, 11) is 0. The lowest BCUT2D eigenvalue weighted by Gasteiger charge is -2.41. The van der Waals surface area contributed by atoms with Gasteiger partial charge in [-0.25, -0.2) is 0 Å². The largest absolute Gasteiger partial charge is 0.368 e. The maximum absolute atomic E-state index is 4.29. The minimum atomic E-state index is 0.499. The Bertz CT molecular complexity index is 419. The molecule has 2 rings (SSSR count). The first-order valence-corrected chi connectivity index (χ1v) is 7.77. The number of nitrogens with one attached hydrogen (secondary N) is 1. The molecule has 4 heteroatoms. The van der Waals surface area contributed by atoms with Crippen molar-refractivity contribution in [3.63, 3.8) is 0 Å². The van der Waals surface area contributed by atoms with E-state index < -0.39 is 0 Å². The van der Waals surface area contributed by atoms with Crippen LogP contribution in [-0.4, -0.2) is 48.1 Å². The second-order valence-corrected chi connectivity index (χ2v) is 5.96. The third-order valence-electron chi connectivity index (χ3n) is 4.09. The van der Waals surface area contributed by atoms with E-state index >= 15 is 0 Å². The average molecular weight is 276 g/mol. The van der Waals surface area contributed by atoms with Crippen LogP contribution in [0.5, 0.6) is 0 Å². The van der Waals surface area contributed by atoms with Crippen LogP contribution in [0.4, 0.5) is 5.69 Å². The van der Waals surface area contributed by atoms with Gasteiger partial charge >= 0.3 is 0 Å². The molecule has 0 radical (unpaired) electrons. The fourth-order valence-corrected chi connectivity index (χ4v) is 2.86. The molecular formula is C16H28N4. The molecule has 1 aromatic heterocycles. The van der Waals surface area contributed by atoms with Crippen molar-refractivity contribution in [2.24, 2.45) is 0 Å². The summed E-state index contributed by atoms with van der Waals surface area (Å²) in [5, 5.41) is 3.50. The number of hydrogen-bond acceptors (Lipinski definition) is 4. The van der Waals surface area contributed by atoms with Gasteiger partial charge in [-0.3, -0.25) is 9.88 Å². The molecule has 0 aliphatic carbocycles. The van der Waals surface area contributed by atoms with Gasteiger partial charge in [-0.2, -0.15) is 0 Å². The second kappa shape index (κ2) is 7.04. The monoisotopic (exact) mass is 276 g/mol. The van der Waals surface area contributed by atoms with Crippen LogP contribution in [0, 0.1) is 0 Å². The van der Waals surface area contributed by atoms with Crippen molar-refractivity contribution in [3.8, 4) is 0 Å². The molecule has 1 N–H and O–H groups in total. The summed E-state index contributed by atoms with van der Waals surface area (Å²) in [6.45, 7) is 14.3. The van der Waals surface area contributed by atoms with Crippen molar-refractivity contribution in [2.45, 2.75) is 46.3 Å². The summed E-state index contributed by atoms with van der Waals surface area (Å²) < 4.78 is 0. The summed E-state index contributed by atoms with van der Waals surface area (Å²) in [5.74, 6) is 0. The van der Waals surface area contributed by atoms with Crippen LogP contribution < -0.4 is 10.2 Å². The zero-order chi connectivity index (χ0) is 14.5. The molecule has 1 atom stereocenters. The maximum atomic E-state index is 4.29. The van der Waals surface area contributed by atoms with Gasteiger partial charge in [0.2, 0.25) is 0 Å². The van der Waals surface area contributed by atoms with E-state index in [1.807, 2.05) is 12.4 Å². The van der Waals surface area contributed by atoms with E-state index in [4.69, 9.17) is 0 Å². The molecule has 2 heterocycles. The number of rotatable bonds is 5. The van der Waals surface area contributed by atoms with Gasteiger partial charge in [-0.05, 0) is 19.5 Å². The number of piperazine rings is 1. The Kier molecular flexibility index (Phi) is 5.38. The highest BCUT2D eigenvalue weighted by atomic mass is 15.3. The number of hydrogen-bond donors (Lipinski definition) is 1. The Balaban J connectivity index is 2.08. The minimum absolute atomic E-state index is 0.499. The van der Waals surface area contributed by atoms with Gasteiger partial charge in [0, 0.05) is 61.9 Å². The molecule has 112 valence electrons. The summed E-state index contributed by atoms with van der Waals surface area (Å²) in [4.78, 5) is 9.35. The highest BCUT2D eigenvalue weighted by Gasteiger charge is 2.23. The van der Waals surface area contributed by atoms with E-state index in [9.17, 15) is 0 Å². The van der Waals surface area contributed by atoms with Gasteiger partial charge in [0.15, 0.2) is 0 Å². The number of aromatic nitrogens is 1. The predicted molar refractivity (Wildman–Crippen MR) is 85.1 cm³/mol. The lowest BCUT2D eigenvalue weighted by molar-refractivity contribution is 0.199. The third kappa shape index (κ3) is 3.70. The predicted octanol–water partition coefficient (Wildman–Crippen LogP) is 2.11. The Morgan fingerprint density at radius 3 is 2.85 bits per heavy atom. The van der Waals surface area contributed by atoms with Crippen LogP contribution in [0.25, 0.3) is 0 Å². The van der Waals surface area contributed by atoms with Crippen LogP contribution in [-0.2, 0) is 6.54 Å². The molecule has 0 aromatic carbocycles. The first-order chi connectivity index (χ1) is 9.61. The van der Waals surface area contributed by atoms with Crippen LogP contribution in [0.15, 0.2) is 18.5 Å². The average Bonchev–Trinajstić information content (AvgIpc) is 2.45. The number of anilines is 1. The summed E-state index contributed by atoms with van der Waals surface area (Å²) in [6, 6.07) is 3.28. The number of pyridine rings is 1. The SMILES string of the molecule is CCN1CCN(c2ccncc2CNC(C)C)CC1C. The molecule has 0 saturated carbocycles. The minimum Gasteiger partial charge on any atom is -0.368 e. The molecule has 1 aromatic rings. The Hall–Kier alpha value is -1.13. The zero-order valence-corrected chi connectivity index (χ0v) is 13.3. The van der Waals surface area contributed by atoms with E-state index in [0.717, 1.165) is 32.7 Å². The van der Waals surface area contributed by atoms with E-state index in [1.165, 1.54) is 11.3 Å². The van der Waals surface area contributed by atoms with E-state index in [2.05, 4.69) is 53.9 Å². The van der Waals surface area contributed by atoms with E-state index in [1.54, 1.807) is 0 Å². The van der Waals surface area contributed by atoms with Crippen molar-refractivity contribution in [2.75, 3.05) is 31.1 Å². The van der Waals surface area contributed by atoms with E-state index in [-0.39, 0.29) is 0 Å². The molecular weight excluding hydrogens is 248 g/mol. The Morgan fingerprint density at radius 2 is 2.20 bits per heavy atom. The Morgan fingerprint density at radius 1 is 1.40 bits per heavy atom. The summed E-state index contributed by atoms with van der Waals surface area (Å²) in [5.41, 5.74) is 2.65. The van der Waals surface area contributed by atoms with Crippen LogP contribution in [0.2, 0.25) is 0 Å². The molecule has 0 bridgehead atoms. The summed E-state index contributed by atoms with van der Waals surface area (Å²) >= 11 is 0. The first-order valence-electron chi connectivity index (χ1n) is 7.77. The molecule has 4 nitrogen and oxygen atoms in total. The lowest BCUT2D eigenvalue weighted by atomic mass is 10.1. The molecule has 0 spiro atoms. The molecule has 1 saturated heterocycles. The van der Waals surface area contributed by atoms with Crippen molar-refractivity contribution in [1.82, 2.24) is 15.2 Å². The van der Waals surface area contributed by atoms with Gasteiger partial charge in [-0.15, -0.1) is 0 Å². The Labute approximate surface area is 123 Å². The fourth-order valence-electron chi connectivity index (χ4n) is 2.86. The third-order valence-corrected chi connectivity index (χ3v) is 4.09. The van der Waals surface area contributed by atoms with Crippen molar-refractivity contribution < 1.29 is 0 Å². The fraction of sp³-hybridized carbons (Fsp3) is 0.688. The van der Waals surface area contributed by atoms with Crippen molar-refractivity contribution >= 4 is 5.69 Å². The van der Waals surface area contributed by atoms with Crippen LogP contribution in [0.3, 0.4) is 0 Å². The van der Waals surface area contributed by atoms with Gasteiger partial charge in [0.1, 0.15) is 0 Å². The van der Waals surface area contributed by atoms with Gasteiger partial charge in [0.05, 0.1) is 0 Å². The highest BCUT2D eigenvalue weighted by Crippen LogP contribution is 2.22. The quantitative estimate of drug-likeness (QED) is 0.892. The smallest absolute Gasteiger partial charge is 0.0443 e. The number of likely N-dealkylation sites (N-methyl/N-ethyl adjacent to an activating group) is 1. The molecule has 20 heavy (non-hydrogen) atoms. The molecule has 1 unspecified atom stereocenters. The van der Waals surface area contributed by atoms with Crippen LogP contribution >= 0.6 is 0 Å². The van der Waals surface area contributed by atoms with Gasteiger partial charge in [0.25, 0.3) is 0 Å². The van der Waals surface area contributed by atoms with Crippen molar-refractivity contribution in [3.05, 3.63) is 24.0 Å². The first kappa shape index (κ1) is 15.3.